The second-order valence-electron chi connectivity index (χ2n) is 8.04. The number of hydrogen-bond acceptors (Lipinski definition) is 6. The highest BCUT2D eigenvalue weighted by molar-refractivity contribution is 5.86. The first kappa shape index (κ1) is 23.0. The summed E-state index contributed by atoms with van der Waals surface area (Å²) in [5.41, 5.74) is 4.14. The Bertz CT molecular complexity index is 1530. The predicted octanol–water partition coefficient (Wildman–Crippen LogP) is 6.05. The predicted molar refractivity (Wildman–Crippen MR) is 140 cm³/mol. The van der Waals surface area contributed by atoms with Crippen LogP contribution >= 0.6 is 0 Å². The molecule has 7 nitrogen and oxygen atoms in total. The average molecular weight is 480 g/mol. The summed E-state index contributed by atoms with van der Waals surface area (Å²) in [6.45, 7) is 0.450. The van der Waals surface area contributed by atoms with E-state index < -0.39 is 0 Å². The van der Waals surface area contributed by atoms with E-state index in [9.17, 15) is 5.11 Å². The minimum Gasteiger partial charge on any atom is -0.504 e. The van der Waals surface area contributed by atoms with Crippen molar-refractivity contribution >= 4 is 17.7 Å². The zero-order valence-corrected chi connectivity index (χ0v) is 20.0. The molecule has 0 saturated heterocycles. The molecule has 5 rings (SSSR count). The third-order valence-corrected chi connectivity index (χ3v) is 5.72. The molecule has 0 spiro atoms. The average Bonchev–Trinajstić information content (AvgIpc) is 3.30. The van der Waals surface area contributed by atoms with Crippen molar-refractivity contribution in [1.82, 2.24) is 9.38 Å². The Hall–Kier alpha value is -4.78. The van der Waals surface area contributed by atoms with Gasteiger partial charge in [-0.25, -0.2) is 9.98 Å². The van der Waals surface area contributed by atoms with Crippen LogP contribution in [0.5, 0.6) is 23.0 Å². The highest BCUT2D eigenvalue weighted by Gasteiger charge is 2.15. The fraction of sp³-hybridized carbons (Fsp3) is 0.103. The number of nitrogens with zero attached hydrogens (tertiary/aromatic N) is 3. The van der Waals surface area contributed by atoms with E-state index in [1.165, 1.54) is 7.11 Å². The highest BCUT2D eigenvalue weighted by Crippen LogP contribution is 2.36. The maximum absolute atomic E-state index is 10.0. The molecule has 0 bridgehead atoms. The number of imidazole rings is 1. The molecule has 0 aliphatic carbocycles. The first-order chi connectivity index (χ1) is 17.7. The second kappa shape index (κ2) is 10.2. The summed E-state index contributed by atoms with van der Waals surface area (Å²) in [7, 11) is 3.13. The number of aromatic nitrogens is 2. The van der Waals surface area contributed by atoms with Crippen molar-refractivity contribution in [3.8, 4) is 34.3 Å². The van der Waals surface area contributed by atoms with Gasteiger partial charge >= 0.3 is 0 Å². The van der Waals surface area contributed by atoms with Crippen molar-refractivity contribution in [1.29, 1.82) is 0 Å². The lowest BCUT2D eigenvalue weighted by atomic mass is 10.1. The van der Waals surface area contributed by atoms with Crippen molar-refractivity contribution in [2.24, 2.45) is 4.99 Å². The Labute approximate surface area is 208 Å². The Morgan fingerprint density at radius 3 is 2.47 bits per heavy atom. The van der Waals surface area contributed by atoms with Gasteiger partial charge < -0.3 is 19.3 Å². The van der Waals surface area contributed by atoms with Crippen LogP contribution in [0.3, 0.4) is 0 Å². The van der Waals surface area contributed by atoms with Crippen LogP contribution in [-0.4, -0.2) is 34.9 Å². The molecule has 1 N–H and O–H groups in total. The van der Waals surface area contributed by atoms with E-state index >= 15 is 0 Å². The molecule has 180 valence electrons. The molecular weight excluding hydrogens is 454 g/mol. The SMILES string of the molecule is COc1cc(-c2nc3ccccn3c2/N=C/c2ccc(OCc3ccccc3)c(OC)c2)ccc1O. The Balaban J connectivity index is 1.47. The van der Waals surface area contributed by atoms with Crippen LogP contribution < -0.4 is 14.2 Å². The van der Waals surface area contributed by atoms with E-state index in [0.29, 0.717) is 35.4 Å². The fourth-order valence-electron chi connectivity index (χ4n) is 3.88. The van der Waals surface area contributed by atoms with Crippen LogP contribution in [0.2, 0.25) is 0 Å². The Morgan fingerprint density at radius 2 is 1.67 bits per heavy atom. The lowest BCUT2D eigenvalue weighted by Gasteiger charge is -2.11. The molecule has 0 aliphatic heterocycles. The normalized spacial score (nSPS) is 11.2. The molecule has 0 atom stereocenters. The number of aliphatic imine (C=N–C) groups is 1. The van der Waals surface area contributed by atoms with E-state index in [1.54, 1.807) is 31.5 Å². The van der Waals surface area contributed by atoms with Gasteiger partial charge in [0.25, 0.3) is 0 Å². The first-order valence-corrected chi connectivity index (χ1v) is 11.4. The standard InChI is InChI=1S/C29H25N3O4/c1-34-25-17-22(12-13-23(25)33)28-29(32-15-7-6-10-27(32)31-28)30-18-21-11-14-24(26(16-21)35-2)36-19-20-8-4-3-5-9-20/h3-18,33H,19H2,1-2H3/b30-18+. The maximum atomic E-state index is 10.0. The number of rotatable bonds is 8. The number of phenolic OH excluding ortho intramolecular Hbond substituents is 1. The molecule has 0 fully saturated rings. The lowest BCUT2D eigenvalue weighted by molar-refractivity contribution is 0.284. The van der Waals surface area contributed by atoms with Crippen LogP contribution in [0, 0.1) is 0 Å². The number of ether oxygens (including phenoxy) is 3. The summed E-state index contributed by atoms with van der Waals surface area (Å²) in [6.07, 6.45) is 3.68. The Kier molecular flexibility index (Phi) is 6.53. The summed E-state index contributed by atoms with van der Waals surface area (Å²) in [5.74, 6) is 2.37. The van der Waals surface area contributed by atoms with Crippen LogP contribution in [-0.2, 0) is 6.61 Å². The van der Waals surface area contributed by atoms with Crippen molar-refractivity contribution in [3.05, 3.63) is 102 Å². The van der Waals surface area contributed by atoms with Gasteiger partial charge in [0, 0.05) is 18.0 Å². The number of aromatic hydroxyl groups is 1. The first-order valence-electron chi connectivity index (χ1n) is 11.4. The van der Waals surface area contributed by atoms with Gasteiger partial charge in [-0.2, -0.15) is 0 Å². The van der Waals surface area contributed by atoms with E-state index in [-0.39, 0.29) is 5.75 Å². The van der Waals surface area contributed by atoms with Gasteiger partial charge in [-0.1, -0.05) is 36.4 Å². The van der Waals surface area contributed by atoms with E-state index in [4.69, 9.17) is 24.2 Å². The quantitative estimate of drug-likeness (QED) is 0.274. The molecule has 0 aliphatic rings. The third-order valence-electron chi connectivity index (χ3n) is 5.72. The highest BCUT2D eigenvalue weighted by atomic mass is 16.5. The molecule has 0 saturated carbocycles. The zero-order valence-electron chi connectivity index (χ0n) is 20.0. The molecule has 0 unspecified atom stereocenters. The van der Waals surface area contributed by atoms with Crippen LogP contribution in [0.15, 0.2) is 96.1 Å². The van der Waals surface area contributed by atoms with Crippen LogP contribution in [0.25, 0.3) is 16.9 Å². The molecule has 36 heavy (non-hydrogen) atoms. The molecule has 0 amide bonds. The summed E-state index contributed by atoms with van der Waals surface area (Å²) in [4.78, 5) is 9.56. The number of phenols is 1. The largest absolute Gasteiger partial charge is 0.504 e. The molecule has 3 aromatic carbocycles. The van der Waals surface area contributed by atoms with Crippen LogP contribution in [0.4, 0.5) is 5.82 Å². The molecule has 0 radical (unpaired) electrons. The van der Waals surface area contributed by atoms with Gasteiger partial charge in [0.05, 0.1) is 14.2 Å². The topological polar surface area (TPSA) is 77.6 Å². The molecule has 2 heterocycles. The van der Waals surface area contributed by atoms with Crippen molar-refractivity contribution in [2.45, 2.75) is 6.61 Å². The summed E-state index contributed by atoms with van der Waals surface area (Å²) < 4.78 is 18.7. The summed E-state index contributed by atoms with van der Waals surface area (Å²) in [6, 6.07) is 26.6. The van der Waals surface area contributed by atoms with Gasteiger partial charge in [-0.15, -0.1) is 0 Å². The molecule has 2 aromatic heterocycles. The fourth-order valence-corrected chi connectivity index (χ4v) is 3.88. The number of methoxy groups -OCH3 is 2. The van der Waals surface area contributed by atoms with Gasteiger partial charge in [0.2, 0.25) is 0 Å². The minimum atomic E-state index is 0.0664. The molecular formula is C29H25N3O4. The van der Waals surface area contributed by atoms with Gasteiger partial charge in [0.1, 0.15) is 17.9 Å². The van der Waals surface area contributed by atoms with Crippen LogP contribution in [0.1, 0.15) is 11.1 Å². The number of hydrogen-bond donors (Lipinski definition) is 1. The number of pyridine rings is 1. The Morgan fingerprint density at radius 1 is 0.861 bits per heavy atom. The monoisotopic (exact) mass is 479 g/mol. The summed E-state index contributed by atoms with van der Waals surface area (Å²) in [5, 5.41) is 10.0. The summed E-state index contributed by atoms with van der Waals surface area (Å²) >= 11 is 0. The minimum absolute atomic E-state index is 0.0664. The van der Waals surface area contributed by atoms with Crippen molar-refractivity contribution < 1.29 is 19.3 Å². The van der Waals surface area contributed by atoms with E-state index in [2.05, 4.69) is 0 Å². The van der Waals surface area contributed by atoms with Crippen molar-refractivity contribution in [3.63, 3.8) is 0 Å². The maximum Gasteiger partial charge on any atom is 0.165 e. The zero-order chi connectivity index (χ0) is 24.9. The smallest absolute Gasteiger partial charge is 0.165 e. The van der Waals surface area contributed by atoms with Gasteiger partial charge in [-0.05, 0) is 59.7 Å². The third kappa shape index (κ3) is 4.72. The van der Waals surface area contributed by atoms with Gasteiger partial charge in [-0.3, -0.25) is 4.40 Å². The molecule has 7 heteroatoms. The van der Waals surface area contributed by atoms with E-state index in [0.717, 1.165) is 22.3 Å². The van der Waals surface area contributed by atoms with E-state index in [1.807, 2.05) is 77.3 Å². The van der Waals surface area contributed by atoms with Gasteiger partial charge in [0.15, 0.2) is 28.8 Å². The lowest BCUT2D eigenvalue weighted by Crippen LogP contribution is -1.98. The number of benzene rings is 3. The molecule has 5 aromatic rings. The second-order valence-corrected chi connectivity index (χ2v) is 8.04. The number of fused-ring (bicyclic) bond motifs is 1. The van der Waals surface area contributed by atoms with Crippen molar-refractivity contribution in [2.75, 3.05) is 14.2 Å².